The third-order valence-electron chi connectivity index (χ3n) is 2.58. The molecule has 0 radical (unpaired) electrons. The van der Waals surface area contributed by atoms with Crippen molar-refractivity contribution in [1.82, 2.24) is 20.2 Å². The van der Waals surface area contributed by atoms with Gasteiger partial charge in [0, 0.05) is 18.9 Å². The zero-order valence-corrected chi connectivity index (χ0v) is 10.3. The molecule has 1 atom stereocenters. The van der Waals surface area contributed by atoms with Crippen molar-refractivity contribution in [2.75, 3.05) is 6.61 Å². The number of aliphatic hydroxyl groups is 1. The fourth-order valence-electron chi connectivity index (χ4n) is 1.03. The topological polar surface area (TPSA) is 80.9 Å². The molecule has 0 fully saturated rings. The largest absolute Gasteiger partial charge is 0.395 e. The average molecular weight is 228 g/mol. The minimum absolute atomic E-state index is 0.0316. The summed E-state index contributed by atoms with van der Waals surface area (Å²) in [7, 11) is 1.76. The predicted octanol–water partition coefficient (Wildman–Crippen LogP) is 0.584. The maximum Gasteiger partial charge on any atom is 0.140 e. The Labute approximate surface area is 95.7 Å². The molecular formula is C10H20N4O2. The second kappa shape index (κ2) is 7.05. The Morgan fingerprint density at radius 3 is 2.25 bits per heavy atom. The number of aromatic nitrogens is 4. The molecule has 6 heteroatoms. The minimum atomic E-state index is -0.491. The zero-order valence-electron chi connectivity index (χ0n) is 10.3. The number of Topliss-reactive ketones (excluding diaryl/α,β-unsaturated/α-hetero) is 1. The van der Waals surface area contributed by atoms with Crippen LogP contribution in [0.15, 0.2) is 6.33 Å². The molecule has 92 valence electrons. The fraction of sp³-hybridized carbons (Fsp3) is 0.800. The first kappa shape index (κ1) is 14.7. The van der Waals surface area contributed by atoms with Crippen LogP contribution in [0.3, 0.4) is 0 Å². The van der Waals surface area contributed by atoms with Gasteiger partial charge in [-0.25, -0.2) is 4.68 Å². The van der Waals surface area contributed by atoms with Gasteiger partial charge in [0.25, 0.3) is 0 Å². The van der Waals surface area contributed by atoms with E-state index in [2.05, 4.69) is 15.5 Å². The van der Waals surface area contributed by atoms with Gasteiger partial charge in [-0.3, -0.25) is 4.79 Å². The first-order valence-electron chi connectivity index (χ1n) is 5.31. The summed E-state index contributed by atoms with van der Waals surface area (Å²) >= 11 is 0. The second-order valence-corrected chi connectivity index (χ2v) is 3.83. The molecule has 1 rings (SSSR count). The quantitative estimate of drug-likeness (QED) is 0.815. The van der Waals surface area contributed by atoms with Gasteiger partial charge in [0.1, 0.15) is 12.1 Å². The Morgan fingerprint density at radius 1 is 1.50 bits per heavy atom. The first-order valence-corrected chi connectivity index (χ1v) is 5.31. The smallest absolute Gasteiger partial charge is 0.140 e. The average Bonchev–Trinajstić information content (AvgIpc) is 2.78. The molecule has 0 aliphatic carbocycles. The molecule has 0 amide bonds. The molecular weight excluding hydrogens is 208 g/mol. The summed E-state index contributed by atoms with van der Waals surface area (Å²) in [6.07, 6.45) is 2.76. The van der Waals surface area contributed by atoms with Crippen molar-refractivity contribution in [2.24, 2.45) is 12.5 Å². The maximum absolute atomic E-state index is 11.1. The summed E-state index contributed by atoms with van der Waals surface area (Å²) in [5.41, 5.74) is -0.491. The Balaban J connectivity index is 0.000000315. The summed E-state index contributed by atoms with van der Waals surface area (Å²) in [6.45, 7) is 5.52. The van der Waals surface area contributed by atoms with Crippen LogP contribution in [0.25, 0.3) is 0 Å². The van der Waals surface area contributed by atoms with E-state index in [9.17, 15) is 4.79 Å². The lowest BCUT2D eigenvalue weighted by molar-refractivity contribution is -0.129. The summed E-state index contributed by atoms with van der Waals surface area (Å²) in [5.74, 6) is 0.150. The van der Waals surface area contributed by atoms with Crippen molar-refractivity contribution in [1.29, 1.82) is 0 Å². The number of carbonyl (C=O) groups is 1. The van der Waals surface area contributed by atoms with Gasteiger partial charge in [-0.1, -0.05) is 20.8 Å². The molecule has 16 heavy (non-hydrogen) atoms. The summed E-state index contributed by atoms with van der Waals surface area (Å²) < 4.78 is 1.53. The minimum Gasteiger partial charge on any atom is -0.395 e. The number of aryl methyl sites for hydroxylation is 1. The normalized spacial score (nSPS) is 13.6. The van der Waals surface area contributed by atoms with E-state index in [0.717, 1.165) is 6.42 Å². The van der Waals surface area contributed by atoms with Gasteiger partial charge in [-0.15, -0.1) is 5.10 Å². The second-order valence-electron chi connectivity index (χ2n) is 3.83. The standard InChI is InChI=1S/C8H16O2.C2H4N4/c1-4-7(10)8(3,5-2)6-9;1-6-2-3-4-5-6/h9H,4-6H2,1-3H3;2H,1H3. The van der Waals surface area contributed by atoms with E-state index in [4.69, 9.17) is 5.11 Å². The summed E-state index contributed by atoms with van der Waals surface area (Å²) in [4.78, 5) is 11.1. The van der Waals surface area contributed by atoms with Crippen molar-refractivity contribution >= 4 is 5.78 Å². The molecule has 1 unspecified atom stereocenters. The van der Waals surface area contributed by atoms with Gasteiger partial charge in [0.15, 0.2) is 0 Å². The third-order valence-corrected chi connectivity index (χ3v) is 2.58. The summed E-state index contributed by atoms with van der Waals surface area (Å²) in [5, 5.41) is 19.0. The SMILES string of the molecule is CCC(=O)C(C)(CC)CO.Cn1cnnn1. The zero-order chi connectivity index (χ0) is 12.6. The lowest BCUT2D eigenvalue weighted by Crippen LogP contribution is -2.30. The first-order chi connectivity index (χ1) is 7.50. The molecule has 0 aliphatic rings. The monoisotopic (exact) mass is 228 g/mol. The van der Waals surface area contributed by atoms with Crippen LogP contribution in [0.4, 0.5) is 0 Å². The Kier molecular flexibility index (Phi) is 6.48. The highest BCUT2D eigenvalue weighted by molar-refractivity contribution is 5.84. The van der Waals surface area contributed by atoms with E-state index in [1.54, 1.807) is 14.0 Å². The van der Waals surface area contributed by atoms with Crippen molar-refractivity contribution in [3.63, 3.8) is 0 Å². The van der Waals surface area contributed by atoms with E-state index in [-0.39, 0.29) is 12.4 Å². The number of nitrogens with zero attached hydrogens (tertiary/aromatic N) is 4. The molecule has 6 nitrogen and oxygen atoms in total. The Bertz CT molecular complexity index is 294. The molecule has 0 spiro atoms. The molecule has 1 N–H and O–H groups in total. The highest BCUT2D eigenvalue weighted by Gasteiger charge is 2.28. The third kappa shape index (κ3) is 4.48. The van der Waals surface area contributed by atoms with Crippen LogP contribution in [-0.2, 0) is 11.8 Å². The number of hydrogen-bond donors (Lipinski definition) is 1. The van der Waals surface area contributed by atoms with Gasteiger partial charge in [-0.2, -0.15) is 0 Å². The molecule has 0 aromatic carbocycles. The molecule has 0 saturated heterocycles. The number of aliphatic hydroxyl groups excluding tert-OH is 1. The maximum atomic E-state index is 11.1. The van der Waals surface area contributed by atoms with Crippen molar-refractivity contribution < 1.29 is 9.90 Å². The van der Waals surface area contributed by atoms with E-state index < -0.39 is 5.41 Å². The lowest BCUT2D eigenvalue weighted by atomic mass is 9.83. The van der Waals surface area contributed by atoms with Crippen LogP contribution >= 0.6 is 0 Å². The number of rotatable bonds is 4. The van der Waals surface area contributed by atoms with E-state index in [1.165, 1.54) is 11.0 Å². The lowest BCUT2D eigenvalue weighted by Gasteiger charge is -2.22. The number of ketones is 1. The van der Waals surface area contributed by atoms with Crippen LogP contribution < -0.4 is 0 Å². The number of hydrogen-bond acceptors (Lipinski definition) is 5. The molecule has 1 aromatic rings. The highest BCUT2D eigenvalue weighted by atomic mass is 16.3. The predicted molar refractivity (Wildman–Crippen MR) is 59.6 cm³/mol. The Morgan fingerprint density at radius 2 is 2.12 bits per heavy atom. The number of tetrazole rings is 1. The molecule has 1 aromatic heterocycles. The Hall–Kier alpha value is -1.30. The van der Waals surface area contributed by atoms with Gasteiger partial charge >= 0.3 is 0 Å². The number of carbonyl (C=O) groups excluding carboxylic acids is 1. The summed E-state index contributed by atoms with van der Waals surface area (Å²) in [6, 6.07) is 0. The van der Waals surface area contributed by atoms with E-state index in [1.807, 2.05) is 13.8 Å². The fourth-order valence-corrected chi connectivity index (χ4v) is 1.03. The molecule has 1 heterocycles. The van der Waals surface area contributed by atoms with Crippen LogP contribution in [0.2, 0.25) is 0 Å². The van der Waals surface area contributed by atoms with Crippen molar-refractivity contribution in [3.8, 4) is 0 Å². The van der Waals surface area contributed by atoms with Gasteiger partial charge in [0.2, 0.25) is 0 Å². The van der Waals surface area contributed by atoms with Crippen molar-refractivity contribution in [3.05, 3.63) is 6.33 Å². The van der Waals surface area contributed by atoms with Crippen LogP contribution in [-0.4, -0.2) is 37.7 Å². The van der Waals surface area contributed by atoms with Crippen LogP contribution in [0, 0.1) is 5.41 Å². The van der Waals surface area contributed by atoms with E-state index >= 15 is 0 Å². The van der Waals surface area contributed by atoms with Crippen LogP contribution in [0.5, 0.6) is 0 Å². The van der Waals surface area contributed by atoms with Gasteiger partial charge in [-0.05, 0) is 16.8 Å². The molecule has 0 aliphatic heterocycles. The molecule has 0 bridgehead atoms. The van der Waals surface area contributed by atoms with Gasteiger partial charge in [0.05, 0.1) is 6.61 Å². The van der Waals surface area contributed by atoms with Gasteiger partial charge < -0.3 is 5.11 Å². The van der Waals surface area contributed by atoms with Crippen molar-refractivity contribution in [2.45, 2.75) is 33.6 Å². The van der Waals surface area contributed by atoms with E-state index in [0.29, 0.717) is 6.42 Å². The van der Waals surface area contributed by atoms with Crippen LogP contribution in [0.1, 0.15) is 33.6 Å². The highest BCUT2D eigenvalue weighted by Crippen LogP contribution is 2.22. The molecule has 0 saturated carbocycles.